The lowest BCUT2D eigenvalue weighted by Gasteiger charge is -2.27. The molecule has 1 fully saturated rings. The molecule has 2 rings (SSSR count). The fourth-order valence-corrected chi connectivity index (χ4v) is 3.31. The van der Waals surface area contributed by atoms with E-state index in [1.807, 2.05) is 24.3 Å². The van der Waals surface area contributed by atoms with Crippen molar-refractivity contribution in [1.82, 2.24) is 0 Å². The van der Waals surface area contributed by atoms with E-state index in [2.05, 4.69) is 0 Å². The molecule has 0 aliphatic carbocycles. The highest BCUT2D eigenvalue weighted by atomic mass is 35.5. The summed E-state index contributed by atoms with van der Waals surface area (Å²) in [5, 5.41) is 0.810. The fourth-order valence-electron chi connectivity index (χ4n) is 1.99. The summed E-state index contributed by atoms with van der Waals surface area (Å²) in [5.74, 6) is 1.40. The van der Waals surface area contributed by atoms with Crippen molar-refractivity contribution in [2.45, 2.75) is 23.8 Å². The van der Waals surface area contributed by atoms with Crippen LogP contribution in [-0.2, 0) is 4.74 Å². The molecule has 2 atom stereocenters. The number of benzene rings is 1. The van der Waals surface area contributed by atoms with Gasteiger partial charge < -0.3 is 10.5 Å². The highest BCUT2D eigenvalue weighted by Crippen LogP contribution is 2.28. The summed E-state index contributed by atoms with van der Waals surface area (Å²) in [5.41, 5.74) is 6.20. The minimum atomic E-state index is 0.191. The molecule has 1 aliphatic rings. The Morgan fingerprint density at radius 1 is 1.47 bits per heavy atom. The first kappa shape index (κ1) is 13.2. The maximum absolute atomic E-state index is 6.20. The number of nitrogens with two attached hydrogens (primary N) is 1. The summed E-state index contributed by atoms with van der Waals surface area (Å²) in [6.45, 7) is 1.70. The molecule has 17 heavy (non-hydrogen) atoms. The van der Waals surface area contributed by atoms with Crippen LogP contribution < -0.4 is 5.73 Å². The Labute approximate surface area is 112 Å². The Balaban J connectivity index is 1.83. The average Bonchev–Trinajstić information content (AvgIpc) is 2.38. The van der Waals surface area contributed by atoms with Crippen LogP contribution in [0.2, 0.25) is 5.02 Å². The molecule has 0 aromatic heterocycles. The minimum absolute atomic E-state index is 0.191. The van der Waals surface area contributed by atoms with Gasteiger partial charge in [0, 0.05) is 23.3 Å². The smallest absolute Gasteiger partial charge is 0.0541 e. The van der Waals surface area contributed by atoms with Crippen LogP contribution in [0, 0.1) is 5.92 Å². The highest BCUT2D eigenvalue weighted by molar-refractivity contribution is 7.99. The molecule has 2 N–H and O–H groups in total. The summed E-state index contributed by atoms with van der Waals surface area (Å²) < 4.78 is 5.46. The fraction of sp³-hybridized carbons (Fsp3) is 0.538. The van der Waals surface area contributed by atoms with Crippen molar-refractivity contribution in [2.75, 3.05) is 19.0 Å². The second-order valence-corrected chi connectivity index (χ2v) is 5.85. The number of ether oxygens (including phenoxy) is 1. The quantitative estimate of drug-likeness (QED) is 0.855. The number of halogens is 1. The Kier molecular flexibility index (Phi) is 5.16. The van der Waals surface area contributed by atoms with Crippen LogP contribution in [0.3, 0.4) is 0 Å². The van der Waals surface area contributed by atoms with E-state index in [0.29, 0.717) is 5.92 Å². The molecule has 0 amide bonds. The first-order valence-electron chi connectivity index (χ1n) is 5.98. The molecular formula is C13H18ClNOS. The summed E-state index contributed by atoms with van der Waals surface area (Å²) in [7, 11) is 0. The summed E-state index contributed by atoms with van der Waals surface area (Å²) >= 11 is 7.84. The minimum Gasteiger partial charge on any atom is -0.381 e. The SMILES string of the molecule is NC(CSc1ccccc1Cl)C1CCCOC1. The van der Waals surface area contributed by atoms with Gasteiger partial charge in [-0.1, -0.05) is 23.7 Å². The maximum Gasteiger partial charge on any atom is 0.0541 e. The third-order valence-electron chi connectivity index (χ3n) is 3.07. The van der Waals surface area contributed by atoms with E-state index in [1.165, 1.54) is 6.42 Å². The number of rotatable bonds is 4. The van der Waals surface area contributed by atoms with Crippen LogP contribution in [0.4, 0.5) is 0 Å². The number of hydrogen-bond acceptors (Lipinski definition) is 3. The Morgan fingerprint density at radius 3 is 3.00 bits per heavy atom. The molecule has 94 valence electrons. The zero-order valence-electron chi connectivity index (χ0n) is 9.77. The number of thioether (sulfide) groups is 1. The van der Waals surface area contributed by atoms with Gasteiger partial charge in [-0.2, -0.15) is 0 Å². The van der Waals surface area contributed by atoms with E-state index in [1.54, 1.807) is 11.8 Å². The first-order valence-corrected chi connectivity index (χ1v) is 7.34. The van der Waals surface area contributed by atoms with Crippen molar-refractivity contribution in [3.05, 3.63) is 29.3 Å². The van der Waals surface area contributed by atoms with Crippen LogP contribution >= 0.6 is 23.4 Å². The molecule has 1 heterocycles. The molecule has 1 saturated heterocycles. The Bertz CT molecular complexity index is 355. The molecule has 1 aromatic rings. The Hall–Kier alpha value is -0.220. The average molecular weight is 272 g/mol. The van der Waals surface area contributed by atoms with E-state index in [4.69, 9.17) is 22.1 Å². The van der Waals surface area contributed by atoms with Crippen molar-refractivity contribution >= 4 is 23.4 Å². The van der Waals surface area contributed by atoms with Gasteiger partial charge in [0.1, 0.15) is 0 Å². The van der Waals surface area contributed by atoms with Crippen molar-refractivity contribution in [2.24, 2.45) is 11.7 Å². The first-order chi connectivity index (χ1) is 8.27. The monoisotopic (exact) mass is 271 g/mol. The zero-order chi connectivity index (χ0) is 12.1. The van der Waals surface area contributed by atoms with E-state index in [-0.39, 0.29) is 6.04 Å². The van der Waals surface area contributed by atoms with Gasteiger partial charge in [0.2, 0.25) is 0 Å². The van der Waals surface area contributed by atoms with E-state index >= 15 is 0 Å². The second-order valence-electron chi connectivity index (χ2n) is 4.38. The molecule has 0 spiro atoms. The van der Waals surface area contributed by atoms with Gasteiger partial charge >= 0.3 is 0 Å². The zero-order valence-corrected chi connectivity index (χ0v) is 11.3. The van der Waals surface area contributed by atoms with Gasteiger partial charge in [0.05, 0.1) is 11.6 Å². The van der Waals surface area contributed by atoms with Crippen LogP contribution in [0.1, 0.15) is 12.8 Å². The van der Waals surface area contributed by atoms with Gasteiger partial charge in [-0.3, -0.25) is 0 Å². The molecule has 1 aromatic carbocycles. The Morgan fingerprint density at radius 2 is 2.29 bits per heavy atom. The summed E-state index contributed by atoms with van der Waals surface area (Å²) in [6.07, 6.45) is 2.32. The molecule has 2 unspecified atom stereocenters. The van der Waals surface area contributed by atoms with Crippen molar-refractivity contribution in [3.8, 4) is 0 Å². The topological polar surface area (TPSA) is 35.2 Å². The second kappa shape index (κ2) is 6.64. The largest absolute Gasteiger partial charge is 0.381 e. The van der Waals surface area contributed by atoms with Gasteiger partial charge in [0.15, 0.2) is 0 Å². The third kappa shape index (κ3) is 3.88. The predicted molar refractivity (Wildman–Crippen MR) is 73.7 cm³/mol. The van der Waals surface area contributed by atoms with Gasteiger partial charge in [-0.25, -0.2) is 0 Å². The van der Waals surface area contributed by atoms with E-state index in [9.17, 15) is 0 Å². The standard InChI is InChI=1S/C13H18ClNOS/c14-11-5-1-2-6-13(11)17-9-12(15)10-4-3-7-16-8-10/h1-2,5-6,10,12H,3-4,7-9,15H2. The van der Waals surface area contributed by atoms with Crippen LogP contribution in [-0.4, -0.2) is 25.0 Å². The van der Waals surface area contributed by atoms with E-state index in [0.717, 1.165) is 35.3 Å². The lowest BCUT2D eigenvalue weighted by atomic mass is 9.96. The number of hydrogen-bond donors (Lipinski definition) is 1. The molecule has 0 saturated carbocycles. The lowest BCUT2D eigenvalue weighted by Crippen LogP contribution is -2.37. The van der Waals surface area contributed by atoms with Crippen LogP contribution in [0.15, 0.2) is 29.2 Å². The summed E-state index contributed by atoms with van der Waals surface area (Å²) in [4.78, 5) is 1.11. The van der Waals surface area contributed by atoms with Crippen molar-refractivity contribution in [3.63, 3.8) is 0 Å². The molecular weight excluding hydrogens is 254 g/mol. The van der Waals surface area contributed by atoms with Crippen LogP contribution in [0.25, 0.3) is 0 Å². The highest BCUT2D eigenvalue weighted by Gasteiger charge is 2.21. The molecule has 4 heteroatoms. The van der Waals surface area contributed by atoms with Gasteiger partial charge in [0.25, 0.3) is 0 Å². The maximum atomic E-state index is 6.20. The van der Waals surface area contributed by atoms with Crippen LogP contribution in [0.5, 0.6) is 0 Å². The molecule has 0 radical (unpaired) electrons. The van der Waals surface area contributed by atoms with Crippen molar-refractivity contribution < 1.29 is 4.74 Å². The summed E-state index contributed by atoms with van der Waals surface area (Å²) in [6, 6.07) is 8.10. The predicted octanol–water partition coefficient (Wildman–Crippen LogP) is 3.19. The van der Waals surface area contributed by atoms with Gasteiger partial charge in [-0.05, 0) is 30.9 Å². The molecule has 2 nitrogen and oxygen atoms in total. The normalized spacial score (nSPS) is 22.4. The lowest BCUT2D eigenvalue weighted by molar-refractivity contribution is 0.0478. The molecule has 0 bridgehead atoms. The molecule has 1 aliphatic heterocycles. The third-order valence-corrected chi connectivity index (χ3v) is 4.73. The van der Waals surface area contributed by atoms with E-state index < -0.39 is 0 Å². The van der Waals surface area contributed by atoms with Gasteiger partial charge in [-0.15, -0.1) is 11.8 Å². The van der Waals surface area contributed by atoms with Crippen molar-refractivity contribution in [1.29, 1.82) is 0 Å².